The number of fused-ring (bicyclic) bond motifs is 9. The molecule has 0 saturated carbocycles. The smallest absolute Gasteiger partial charge is 0.0352 e. The van der Waals surface area contributed by atoms with Crippen LogP contribution >= 0.6 is 0 Å². The average molecular weight is 495 g/mol. The summed E-state index contributed by atoms with van der Waals surface area (Å²) < 4.78 is 0. The Kier molecular flexibility index (Phi) is 4.32. The van der Waals surface area contributed by atoms with E-state index in [0.29, 0.717) is 0 Å². The first-order valence-corrected chi connectivity index (χ1v) is 14.0. The molecule has 9 rings (SSSR count). The first-order chi connectivity index (χ1) is 19.3. The van der Waals surface area contributed by atoms with Crippen LogP contribution < -0.4 is 0 Å². The molecule has 0 bridgehead atoms. The normalized spacial score (nSPS) is 15.7. The van der Waals surface area contributed by atoms with Gasteiger partial charge in [0.2, 0.25) is 0 Å². The molecule has 0 heterocycles. The molecule has 0 heteroatoms. The Balaban J connectivity index is 1.21. The van der Waals surface area contributed by atoms with E-state index in [1.54, 1.807) is 0 Å². The molecule has 0 aromatic heterocycles. The topological polar surface area (TPSA) is 0 Å². The highest BCUT2D eigenvalue weighted by Gasteiger charge is 2.34. The van der Waals surface area contributed by atoms with Gasteiger partial charge in [0.05, 0.1) is 0 Å². The van der Waals surface area contributed by atoms with Crippen molar-refractivity contribution in [1.82, 2.24) is 0 Å². The van der Waals surface area contributed by atoms with Gasteiger partial charge in [-0.2, -0.15) is 0 Å². The van der Waals surface area contributed by atoms with Crippen LogP contribution in [0.2, 0.25) is 0 Å². The lowest BCUT2D eigenvalue weighted by Gasteiger charge is -2.18. The van der Waals surface area contributed by atoms with E-state index in [0.717, 1.165) is 6.42 Å². The quantitative estimate of drug-likeness (QED) is 0.224. The molecular formula is C39H26. The average Bonchev–Trinajstić information content (AvgIpc) is 3.64. The maximum atomic E-state index is 2.49. The molecule has 0 N–H and O–H groups in total. The zero-order chi connectivity index (χ0) is 25.5. The molecule has 6 aromatic carbocycles. The van der Waals surface area contributed by atoms with Gasteiger partial charge in [0.25, 0.3) is 0 Å². The van der Waals surface area contributed by atoms with Gasteiger partial charge in [-0.15, -0.1) is 0 Å². The van der Waals surface area contributed by atoms with Crippen molar-refractivity contribution in [1.29, 1.82) is 0 Å². The van der Waals surface area contributed by atoms with Crippen LogP contribution in [0.1, 0.15) is 56.3 Å². The predicted octanol–water partition coefficient (Wildman–Crippen LogP) is 9.58. The van der Waals surface area contributed by atoms with Gasteiger partial charge in [-0.05, 0) is 96.4 Å². The van der Waals surface area contributed by atoms with Gasteiger partial charge in [0.15, 0.2) is 0 Å². The molecule has 182 valence electrons. The Morgan fingerprint density at radius 1 is 0.333 bits per heavy atom. The van der Waals surface area contributed by atoms with Crippen LogP contribution in [0.15, 0.2) is 133 Å². The standard InChI is InChI=1S/C39H26/c1-2-10-28-24(9-1)21-25-17-18-26(22-36(25)28)39-34-16-8-5-13-31(34)37-23-27(19-20-35(37)39)38-32-14-6-3-11-29(32)30-12-4-7-15-33(30)38/h1-20,22-23,38-39H,21H2. The highest BCUT2D eigenvalue weighted by molar-refractivity contribution is 5.85. The van der Waals surface area contributed by atoms with Crippen LogP contribution in [0.4, 0.5) is 0 Å². The van der Waals surface area contributed by atoms with Crippen molar-refractivity contribution in [3.8, 4) is 33.4 Å². The lowest BCUT2D eigenvalue weighted by Crippen LogP contribution is -2.02. The van der Waals surface area contributed by atoms with Gasteiger partial charge < -0.3 is 0 Å². The Morgan fingerprint density at radius 2 is 0.769 bits per heavy atom. The highest BCUT2D eigenvalue weighted by Crippen LogP contribution is 2.53. The number of hydrogen-bond donors (Lipinski definition) is 0. The minimum atomic E-state index is 0.256. The molecule has 0 amide bonds. The molecular weight excluding hydrogens is 468 g/mol. The third-order valence-electron chi connectivity index (χ3n) is 9.27. The number of benzene rings is 6. The first kappa shape index (κ1) is 21.3. The lowest BCUT2D eigenvalue weighted by atomic mass is 9.85. The van der Waals surface area contributed by atoms with Crippen LogP contribution in [-0.4, -0.2) is 0 Å². The predicted molar refractivity (Wildman–Crippen MR) is 160 cm³/mol. The van der Waals surface area contributed by atoms with Crippen molar-refractivity contribution in [3.05, 3.63) is 178 Å². The Hall–Kier alpha value is -4.68. The van der Waals surface area contributed by atoms with Crippen molar-refractivity contribution in [2.75, 3.05) is 0 Å². The molecule has 0 saturated heterocycles. The Morgan fingerprint density at radius 3 is 1.41 bits per heavy atom. The maximum absolute atomic E-state index is 2.49. The summed E-state index contributed by atoms with van der Waals surface area (Å²) in [6.45, 7) is 0. The van der Waals surface area contributed by atoms with E-state index < -0.39 is 0 Å². The molecule has 3 aliphatic carbocycles. The molecule has 1 atom stereocenters. The van der Waals surface area contributed by atoms with Crippen molar-refractivity contribution in [2.45, 2.75) is 18.3 Å². The van der Waals surface area contributed by atoms with Crippen LogP contribution in [0, 0.1) is 0 Å². The van der Waals surface area contributed by atoms with Crippen LogP contribution in [0.3, 0.4) is 0 Å². The summed E-state index contributed by atoms with van der Waals surface area (Å²) in [5.74, 6) is 0.525. The van der Waals surface area contributed by atoms with Crippen LogP contribution in [0.5, 0.6) is 0 Å². The minimum absolute atomic E-state index is 0.256. The third-order valence-corrected chi connectivity index (χ3v) is 9.27. The first-order valence-electron chi connectivity index (χ1n) is 14.0. The van der Waals surface area contributed by atoms with Crippen molar-refractivity contribution < 1.29 is 0 Å². The Bertz CT molecular complexity index is 1910. The van der Waals surface area contributed by atoms with Crippen LogP contribution in [-0.2, 0) is 6.42 Å². The third kappa shape index (κ3) is 2.95. The van der Waals surface area contributed by atoms with Gasteiger partial charge >= 0.3 is 0 Å². The molecule has 0 fully saturated rings. The molecule has 6 aromatic rings. The minimum Gasteiger partial charge on any atom is -0.0619 e. The van der Waals surface area contributed by atoms with Gasteiger partial charge in [0.1, 0.15) is 0 Å². The summed E-state index contributed by atoms with van der Waals surface area (Å²) in [7, 11) is 0. The fourth-order valence-corrected chi connectivity index (χ4v) is 7.59. The summed E-state index contributed by atoms with van der Waals surface area (Å²) in [6, 6.07) is 50.3. The van der Waals surface area contributed by atoms with E-state index in [2.05, 4.69) is 133 Å². The molecule has 1 unspecified atom stereocenters. The van der Waals surface area contributed by atoms with E-state index in [-0.39, 0.29) is 11.8 Å². The summed E-state index contributed by atoms with van der Waals surface area (Å²) in [4.78, 5) is 0. The fraction of sp³-hybridized carbons (Fsp3) is 0.0769. The van der Waals surface area contributed by atoms with Gasteiger partial charge in [-0.25, -0.2) is 0 Å². The molecule has 0 radical (unpaired) electrons. The van der Waals surface area contributed by atoms with E-state index >= 15 is 0 Å². The fourth-order valence-electron chi connectivity index (χ4n) is 7.59. The molecule has 39 heavy (non-hydrogen) atoms. The van der Waals surface area contributed by atoms with E-state index in [1.165, 1.54) is 77.9 Å². The molecule has 0 nitrogen and oxygen atoms in total. The molecule has 3 aliphatic rings. The van der Waals surface area contributed by atoms with E-state index in [9.17, 15) is 0 Å². The molecule has 0 aliphatic heterocycles. The summed E-state index contributed by atoms with van der Waals surface area (Å²) >= 11 is 0. The van der Waals surface area contributed by atoms with Gasteiger partial charge in [-0.3, -0.25) is 0 Å². The van der Waals surface area contributed by atoms with Gasteiger partial charge in [-0.1, -0.05) is 121 Å². The SMILES string of the molecule is c1ccc2c(c1)Cc1ccc(C3c4ccccc4-c4cc(C5c6ccccc6-c6ccccc65)ccc43)cc1-2. The maximum Gasteiger partial charge on any atom is 0.0352 e. The summed E-state index contributed by atoms with van der Waals surface area (Å²) in [6.07, 6.45) is 1.04. The van der Waals surface area contributed by atoms with Crippen molar-refractivity contribution in [3.63, 3.8) is 0 Å². The molecule has 0 spiro atoms. The lowest BCUT2D eigenvalue weighted by molar-refractivity contribution is 0.993. The Labute approximate surface area is 229 Å². The van der Waals surface area contributed by atoms with E-state index in [4.69, 9.17) is 0 Å². The number of hydrogen-bond acceptors (Lipinski definition) is 0. The van der Waals surface area contributed by atoms with Crippen molar-refractivity contribution in [2.24, 2.45) is 0 Å². The zero-order valence-corrected chi connectivity index (χ0v) is 21.6. The number of rotatable bonds is 2. The highest BCUT2D eigenvalue weighted by atomic mass is 14.4. The van der Waals surface area contributed by atoms with Gasteiger partial charge in [0, 0.05) is 11.8 Å². The second-order valence-corrected chi connectivity index (χ2v) is 11.2. The summed E-state index contributed by atoms with van der Waals surface area (Å²) in [5.41, 5.74) is 19.6. The van der Waals surface area contributed by atoms with Crippen LogP contribution in [0.25, 0.3) is 33.4 Å². The van der Waals surface area contributed by atoms with Crippen molar-refractivity contribution >= 4 is 0 Å². The largest absolute Gasteiger partial charge is 0.0619 e. The summed E-state index contributed by atoms with van der Waals surface area (Å²) in [5, 5.41) is 0. The zero-order valence-electron chi connectivity index (χ0n) is 21.6. The monoisotopic (exact) mass is 494 g/mol. The van der Waals surface area contributed by atoms with E-state index in [1.807, 2.05) is 0 Å². The second kappa shape index (κ2) is 7.91. The second-order valence-electron chi connectivity index (χ2n) is 11.2.